The number of fused-ring (bicyclic) bond motifs is 1. The Morgan fingerprint density at radius 3 is 2.32 bits per heavy atom. The van der Waals surface area contributed by atoms with Gasteiger partial charge in [-0.15, -0.1) is 0 Å². The first-order valence-corrected chi connectivity index (χ1v) is 10.8. The van der Waals surface area contributed by atoms with E-state index in [0.717, 1.165) is 19.3 Å². The molecule has 0 radical (unpaired) electrons. The number of anilines is 1. The molecule has 28 heavy (non-hydrogen) atoms. The van der Waals surface area contributed by atoms with Crippen molar-refractivity contribution in [3.05, 3.63) is 42.5 Å². The van der Waals surface area contributed by atoms with Crippen LogP contribution >= 0.6 is 0 Å². The molecule has 7 rings (SSSR count). The summed E-state index contributed by atoms with van der Waals surface area (Å²) >= 11 is 0. The van der Waals surface area contributed by atoms with Crippen LogP contribution in [0.3, 0.4) is 0 Å². The van der Waals surface area contributed by atoms with E-state index in [2.05, 4.69) is 66.3 Å². The molecule has 1 aliphatic heterocycles. The van der Waals surface area contributed by atoms with Crippen LogP contribution in [-0.2, 0) is 0 Å². The highest BCUT2D eigenvalue weighted by molar-refractivity contribution is 5.94. The van der Waals surface area contributed by atoms with Crippen LogP contribution in [0, 0.1) is 17.8 Å². The molecule has 4 saturated carbocycles. The van der Waals surface area contributed by atoms with Gasteiger partial charge in [0.05, 0.1) is 16.8 Å². The van der Waals surface area contributed by atoms with Gasteiger partial charge >= 0.3 is 0 Å². The summed E-state index contributed by atoms with van der Waals surface area (Å²) in [5, 5.41) is 29.3. The molecule has 4 nitrogen and oxygen atoms in total. The molecular formula is C24H30N2O2. The lowest BCUT2D eigenvalue weighted by atomic mass is 9.52. The fourth-order valence-electron chi connectivity index (χ4n) is 7.29. The Hall–Kier alpha value is -1.62. The molecule has 1 heterocycles. The molecule has 0 spiro atoms. The first kappa shape index (κ1) is 17.3. The van der Waals surface area contributed by atoms with Crippen LogP contribution in [0.1, 0.15) is 46.0 Å². The Kier molecular flexibility index (Phi) is 3.39. The minimum atomic E-state index is -0.483. The van der Waals surface area contributed by atoms with Crippen LogP contribution in [-0.4, -0.2) is 38.6 Å². The number of aliphatic hydroxyl groups is 2. The van der Waals surface area contributed by atoms with Gasteiger partial charge in [0, 0.05) is 11.4 Å². The summed E-state index contributed by atoms with van der Waals surface area (Å²) < 4.78 is 0. The molecule has 4 heteroatoms. The number of benzene rings is 2. The van der Waals surface area contributed by atoms with Gasteiger partial charge < -0.3 is 10.2 Å². The van der Waals surface area contributed by atoms with Crippen molar-refractivity contribution in [2.45, 2.75) is 69.4 Å². The number of hydrazine groups is 1. The average Bonchev–Trinajstić information content (AvgIpc) is 2.65. The van der Waals surface area contributed by atoms with Crippen molar-refractivity contribution in [3.8, 4) is 0 Å². The fourth-order valence-corrected chi connectivity index (χ4v) is 7.29. The maximum Gasteiger partial charge on any atom is 0.148 e. The predicted octanol–water partition coefficient (Wildman–Crippen LogP) is 3.91. The zero-order valence-electron chi connectivity index (χ0n) is 16.8. The summed E-state index contributed by atoms with van der Waals surface area (Å²) in [6.07, 6.45) is 4.72. The van der Waals surface area contributed by atoms with E-state index in [0.29, 0.717) is 23.8 Å². The summed E-state index contributed by atoms with van der Waals surface area (Å²) in [6.45, 7) is 4.28. The lowest BCUT2D eigenvalue weighted by molar-refractivity contribution is -0.235. The van der Waals surface area contributed by atoms with Gasteiger partial charge in [-0.1, -0.05) is 36.4 Å². The minimum Gasteiger partial charge on any atom is -0.390 e. The molecule has 0 amide bonds. The van der Waals surface area contributed by atoms with Gasteiger partial charge in [-0.3, -0.25) is 5.01 Å². The number of rotatable bonds is 2. The molecule has 4 bridgehead atoms. The third-order valence-corrected chi connectivity index (χ3v) is 8.15. The molecule has 3 atom stereocenters. The second-order valence-corrected chi connectivity index (χ2v) is 10.4. The summed E-state index contributed by atoms with van der Waals surface area (Å²) in [6, 6.07) is 15.3. The van der Waals surface area contributed by atoms with Crippen molar-refractivity contribution in [3.63, 3.8) is 0 Å². The second kappa shape index (κ2) is 5.50. The number of hydrogen-bond acceptors (Lipinski definition) is 4. The molecule has 0 aromatic heterocycles. The molecule has 5 fully saturated rings. The third kappa shape index (κ3) is 2.17. The second-order valence-electron chi connectivity index (χ2n) is 10.4. The Morgan fingerprint density at radius 1 is 0.929 bits per heavy atom. The first-order chi connectivity index (χ1) is 13.4. The van der Waals surface area contributed by atoms with Crippen molar-refractivity contribution in [2.24, 2.45) is 17.8 Å². The standard InChI is InChI=1S/C24H30N2O2/c1-23(2)22(27)25(21-17-10-15-11-18(21)14-24(28,12-15)13-17)26(23)20-9-5-7-16-6-3-4-8-19(16)20/h3-9,15,17-18,21-22,27-28H,10-14H2,1-2H3. The summed E-state index contributed by atoms with van der Waals surface area (Å²) in [5.74, 6) is 1.65. The van der Waals surface area contributed by atoms with Crippen molar-refractivity contribution >= 4 is 16.5 Å². The number of nitrogens with zero attached hydrogens (tertiary/aromatic N) is 2. The zero-order chi connectivity index (χ0) is 19.3. The highest BCUT2D eigenvalue weighted by Crippen LogP contribution is 2.59. The van der Waals surface area contributed by atoms with E-state index in [1.165, 1.54) is 29.3 Å². The zero-order valence-corrected chi connectivity index (χ0v) is 16.8. The van der Waals surface area contributed by atoms with Crippen LogP contribution < -0.4 is 5.01 Å². The minimum absolute atomic E-state index is 0.332. The van der Waals surface area contributed by atoms with Crippen LogP contribution in [0.5, 0.6) is 0 Å². The van der Waals surface area contributed by atoms with Gasteiger partial charge in [0.2, 0.25) is 0 Å². The average molecular weight is 379 g/mol. The summed E-state index contributed by atoms with van der Waals surface area (Å²) in [5.41, 5.74) is 0.402. The Balaban J connectivity index is 1.43. The quantitative estimate of drug-likeness (QED) is 0.832. The normalized spacial score (nSPS) is 41.4. The highest BCUT2D eigenvalue weighted by Gasteiger charge is 2.63. The van der Waals surface area contributed by atoms with Crippen LogP contribution in [0.15, 0.2) is 42.5 Å². The Labute approximate surface area is 166 Å². The van der Waals surface area contributed by atoms with Gasteiger partial charge in [0.15, 0.2) is 0 Å². The van der Waals surface area contributed by atoms with Crippen molar-refractivity contribution in [1.82, 2.24) is 5.01 Å². The number of aliphatic hydroxyl groups excluding tert-OH is 1. The monoisotopic (exact) mass is 378 g/mol. The topological polar surface area (TPSA) is 46.9 Å². The fraction of sp³-hybridized carbons (Fsp3) is 0.583. The summed E-state index contributed by atoms with van der Waals surface area (Å²) in [7, 11) is 0. The van der Waals surface area contributed by atoms with Crippen molar-refractivity contribution in [1.29, 1.82) is 0 Å². The van der Waals surface area contributed by atoms with E-state index in [4.69, 9.17) is 0 Å². The van der Waals surface area contributed by atoms with E-state index >= 15 is 0 Å². The van der Waals surface area contributed by atoms with E-state index in [-0.39, 0.29) is 5.54 Å². The lowest BCUT2D eigenvalue weighted by Gasteiger charge is -2.69. The van der Waals surface area contributed by atoms with Crippen molar-refractivity contribution < 1.29 is 10.2 Å². The first-order valence-electron chi connectivity index (χ1n) is 10.8. The van der Waals surface area contributed by atoms with Crippen LogP contribution in [0.25, 0.3) is 10.8 Å². The van der Waals surface area contributed by atoms with Gasteiger partial charge in [-0.05, 0) is 75.2 Å². The number of hydrogen-bond donors (Lipinski definition) is 2. The molecule has 2 aromatic carbocycles. The molecule has 1 saturated heterocycles. The van der Waals surface area contributed by atoms with Crippen LogP contribution in [0.2, 0.25) is 0 Å². The molecule has 2 N–H and O–H groups in total. The largest absolute Gasteiger partial charge is 0.390 e. The highest BCUT2D eigenvalue weighted by atomic mass is 16.3. The molecule has 5 aliphatic rings. The smallest absolute Gasteiger partial charge is 0.148 e. The van der Waals surface area contributed by atoms with E-state index in [9.17, 15) is 10.2 Å². The van der Waals surface area contributed by atoms with Gasteiger partial charge in [-0.25, -0.2) is 0 Å². The molecule has 3 unspecified atom stereocenters. The molecular weight excluding hydrogens is 348 g/mol. The van der Waals surface area contributed by atoms with Crippen LogP contribution in [0.4, 0.5) is 5.69 Å². The lowest BCUT2D eigenvalue weighted by Crippen LogP contribution is -2.82. The SMILES string of the molecule is CC1(C)C(O)N(C2C3CC4CC2CC(O)(C4)C3)N1c1cccc2ccccc12. The van der Waals surface area contributed by atoms with E-state index in [1.54, 1.807) is 0 Å². The van der Waals surface area contributed by atoms with Gasteiger partial charge in [0.25, 0.3) is 0 Å². The van der Waals surface area contributed by atoms with Gasteiger partial charge in [0.1, 0.15) is 6.23 Å². The maximum atomic E-state index is 11.2. The Morgan fingerprint density at radius 2 is 1.61 bits per heavy atom. The van der Waals surface area contributed by atoms with E-state index in [1.807, 2.05) is 0 Å². The predicted molar refractivity (Wildman–Crippen MR) is 111 cm³/mol. The van der Waals surface area contributed by atoms with Gasteiger partial charge in [-0.2, -0.15) is 5.01 Å². The molecule has 4 aliphatic carbocycles. The third-order valence-electron chi connectivity index (χ3n) is 8.15. The van der Waals surface area contributed by atoms with E-state index < -0.39 is 11.8 Å². The summed E-state index contributed by atoms with van der Waals surface area (Å²) in [4.78, 5) is 0. The molecule has 2 aromatic rings. The molecule has 148 valence electrons. The van der Waals surface area contributed by atoms with Crippen molar-refractivity contribution in [2.75, 3.05) is 5.01 Å². The maximum absolute atomic E-state index is 11.2. The Bertz CT molecular complexity index is 920.